The second kappa shape index (κ2) is 3.27. The zero-order valence-corrected chi connectivity index (χ0v) is 8.61. The molecule has 2 aromatic rings. The number of nitrogen functional groups attached to an aromatic ring is 1. The topological polar surface area (TPSA) is 76.7 Å². The van der Waals surface area contributed by atoms with E-state index in [0.717, 1.165) is 5.56 Å². The van der Waals surface area contributed by atoms with Gasteiger partial charge in [-0.2, -0.15) is 4.98 Å². The zero-order chi connectivity index (χ0) is 11.0. The van der Waals surface area contributed by atoms with E-state index in [1.54, 1.807) is 4.57 Å². The third-order valence-electron chi connectivity index (χ3n) is 2.22. The number of nitrogens with two attached hydrogens (primary N) is 1. The van der Waals surface area contributed by atoms with Gasteiger partial charge in [0.05, 0.1) is 5.39 Å². The molecule has 0 atom stereocenters. The van der Waals surface area contributed by atoms with E-state index in [4.69, 9.17) is 5.73 Å². The van der Waals surface area contributed by atoms with Crippen molar-refractivity contribution in [3.05, 3.63) is 28.2 Å². The van der Waals surface area contributed by atoms with Crippen molar-refractivity contribution in [3.8, 4) is 0 Å². The highest BCUT2D eigenvalue weighted by Gasteiger charge is 2.10. The molecule has 2 rings (SSSR count). The van der Waals surface area contributed by atoms with Gasteiger partial charge in [-0.15, -0.1) is 0 Å². The van der Waals surface area contributed by atoms with Gasteiger partial charge in [0.25, 0.3) is 5.56 Å². The lowest BCUT2D eigenvalue weighted by Crippen LogP contribution is -2.11. The molecule has 0 saturated carbocycles. The summed E-state index contributed by atoms with van der Waals surface area (Å²) in [4.78, 5) is 18.3. The number of hydrogen-bond donors (Lipinski definition) is 2. The second-order valence-electron chi connectivity index (χ2n) is 3.35. The summed E-state index contributed by atoms with van der Waals surface area (Å²) in [6.07, 6.45) is 5.60. The minimum absolute atomic E-state index is 0.140. The highest BCUT2D eigenvalue weighted by molar-refractivity contribution is 5.86. The number of anilines is 1. The molecule has 0 spiro atoms. The molecular weight excluding hydrogens is 192 g/mol. The van der Waals surface area contributed by atoms with Crippen LogP contribution in [0, 0.1) is 0 Å². The molecule has 0 aliphatic carbocycles. The molecule has 0 aromatic carbocycles. The maximum Gasteiger partial charge on any atom is 0.262 e. The SMILES string of the molecule is C/C=C/c1cn(C)c2nc(N)[nH]c(=O)c12. The van der Waals surface area contributed by atoms with Crippen LogP contribution in [0.25, 0.3) is 17.1 Å². The van der Waals surface area contributed by atoms with Gasteiger partial charge in [0.2, 0.25) is 5.95 Å². The van der Waals surface area contributed by atoms with Crippen LogP contribution in [0.1, 0.15) is 12.5 Å². The lowest BCUT2D eigenvalue weighted by atomic mass is 10.2. The van der Waals surface area contributed by atoms with Gasteiger partial charge in [-0.05, 0) is 6.92 Å². The molecule has 0 saturated heterocycles. The quantitative estimate of drug-likeness (QED) is 0.723. The Kier molecular flexibility index (Phi) is 2.07. The first kappa shape index (κ1) is 9.51. The summed E-state index contributed by atoms with van der Waals surface area (Å²) in [6, 6.07) is 0. The Bertz CT molecular complexity index is 591. The first-order valence-electron chi connectivity index (χ1n) is 4.61. The van der Waals surface area contributed by atoms with Gasteiger partial charge >= 0.3 is 0 Å². The molecule has 0 radical (unpaired) electrons. The highest BCUT2D eigenvalue weighted by Crippen LogP contribution is 2.16. The normalized spacial score (nSPS) is 11.6. The van der Waals surface area contributed by atoms with Gasteiger partial charge in [-0.1, -0.05) is 12.2 Å². The molecule has 0 amide bonds. The van der Waals surface area contributed by atoms with Gasteiger partial charge in [0.1, 0.15) is 5.65 Å². The predicted molar refractivity (Wildman–Crippen MR) is 60.5 cm³/mol. The Morgan fingerprint density at radius 3 is 3.00 bits per heavy atom. The Hall–Kier alpha value is -2.04. The number of aryl methyl sites for hydroxylation is 1. The van der Waals surface area contributed by atoms with Crippen LogP contribution in [0.2, 0.25) is 0 Å². The summed E-state index contributed by atoms with van der Waals surface area (Å²) in [5.74, 6) is 0.140. The lowest BCUT2D eigenvalue weighted by Gasteiger charge is -1.95. The molecule has 5 heteroatoms. The minimum Gasteiger partial charge on any atom is -0.369 e. The average Bonchev–Trinajstić information content (AvgIpc) is 2.44. The first-order valence-corrected chi connectivity index (χ1v) is 4.61. The molecule has 3 N–H and O–H groups in total. The standard InChI is InChI=1S/C10H12N4O/c1-3-4-6-5-14(2)8-7(6)9(15)13-10(11)12-8/h3-5H,1-2H3,(H3,11,12,13,15)/b4-3+. The third kappa shape index (κ3) is 1.41. The Morgan fingerprint density at radius 2 is 2.33 bits per heavy atom. The molecule has 0 aliphatic heterocycles. The monoisotopic (exact) mass is 204 g/mol. The van der Waals surface area contributed by atoms with Crippen LogP contribution in [-0.2, 0) is 7.05 Å². The third-order valence-corrected chi connectivity index (χ3v) is 2.22. The number of aromatic nitrogens is 3. The summed E-state index contributed by atoms with van der Waals surface area (Å²) < 4.78 is 1.79. The molecule has 0 unspecified atom stereocenters. The van der Waals surface area contributed by atoms with E-state index in [9.17, 15) is 4.79 Å². The van der Waals surface area contributed by atoms with Crippen molar-refractivity contribution >= 4 is 23.1 Å². The fourth-order valence-corrected chi connectivity index (χ4v) is 1.63. The van der Waals surface area contributed by atoms with Crippen molar-refractivity contribution in [2.75, 3.05) is 5.73 Å². The van der Waals surface area contributed by atoms with Gasteiger partial charge in [0, 0.05) is 18.8 Å². The predicted octanol–water partition coefficient (Wildman–Crippen LogP) is 0.877. The van der Waals surface area contributed by atoms with Gasteiger partial charge in [0.15, 0.2) is 0 Å². The van der Waals surface area contributed by atoms with Crippen LogP contribution in [0.5, 0.6) is 0 Å². The van der Waals surface area contributed by atoms with E-state index >= 15 is 0 Å². The molecule has 0 bridgehead atoms. The largest absolute Gasteiger partial charge is 0.369 e. The van der Waals surface area contributed by atoms with Crippen LogP contribution in [0.4, 0.5) is 5.95 Å². The van der Waals surface area contributed by atoms with Crippen molar-refractivity contribution in [1.29, 1.82) is 0 Å². The van der Waals surface area contributed by atoms with E-state index in [1.807, 2.05) is 32.3 Å². The minimum atomic E-state index is -0.203. The highest BCUT2D eigenvalue weighted by atomic mass is 16.1. The summed E-state index contributed by atoms with van der Waals surface area (Å²) in [6.45, 7) is 1.90. The number of H-pyrrole nitrogens is 1. The number of nitrogens with zero attached hydrogens (tertiary/aromatic N) is 2. The maximum atomic E-state index is 11.7. The van der Waals surface area contributed by atoms with Gasteiger partial charge < -0.3 is 10.3 Å². The maximum absolute atomic E-state index is 11.7. The van der Waals surface area contributed by atoms with Crippen molar-refractivity contribution in [2.45, 2.75) is 6.92 Å². The smallest absolute Gasteiger partial charge is 0.262 e. The molecule has 2 aromatic heterocycles. The molecular formula is C10H12N4O. The van der Waals surface area contributed by atoms with Crippen molar-refractivity contribution < 1.29 is 0 Å². The van der Waals surface area contributed by atoms with Crippen LogP contribution in [0.15, 0.2) is 17.1 Å². The fraction of sp³-hybridized carbons (Fsp3) is 0.200. The molecule has 78 valence electrons. The second-order valence-corrected chi connectivity index (χ2v) is 3.35. The summed E-state index contributed by atoms with van der Waals surface area (Å²) in [5, 5.41) is 0.574. The molecule has 0 aliphatic rings. The Labute approximate surface area is 86.2 Å². The van der Waals surface area contributed by atoms with Crippen LogP contribution < -0.4 is 11.3 Å². The zero-order valence-electron chi connectivity index (χ0n) is 8.61. The number of nitrogens with one attached hydrogen (secondary N) is 1. The summed E-state index contributed by atoms with van der Waals surface area (Å²) in [7, 11) is 1.83. The van der Waals surface area contributed by atoms with E-state index in [1.165, 1.54) is 0 Å². The van der Waals surface area contributed by atoms with Gasteiger partial charge in [-0.3, -0.25) is 9.78 Å². The lowest BCUT2D eigenvalue weighted by molar-refractivity contribution is 0.943. The first-order chi connectivity index (χ1) is 7.13. The number of aromatic amines is 1. The van der Waals surface area contributed by atoms with Crippen molar-refractivity contribution in [3.63, 3.8) is 0 Å². The van der Waals surface area contributed by atoms with Crippen molar-refractivity contribution in [2.24, 2.45) is 7.05 Å². The number of rotatable bonds is 1. The van der Waals surface area contributed by atoms with Crippen LogP contribution >= 0.6 is 0 Å². The van der Waals surface area contributed by atoms with E-state index in [-0.39, 0.29) is 11.5 Å². The average molecular weight is 204 g/mol. The Morgan fingerprint density at radius 1 is 1.60 bits per heavy atom. The van der Waals surface area contributed by atoms with E-state index in [0.29, 0.717) is 11.0 Å². The van der Waals surface area contributed by atoms with Crippen molar-refractivity contribution in [1.82, 2.24) is 14.5 Å². The fourth-order valence-electron chi connectivity index (χ4n) is 1.63. The summed E-state index contributed by atoms with van der Waals surface area (Å²) in [5.41, 5.74) is 6.73. The summed E-state index contributed by atoms with van der Waals surface area (Å²) >= 11 is 0. The van der Waals surface area contributed by atoms with Gasteiger partial charge in [-0.25, -0.2) is 0 Å². The number of fused-ring (bicyclic) bond motifs is 1. The van der Waals surface area contributed by atoms with E-state index in [2.05, 4.69) is 9.97 Å². The number of hydrogen-bond acceptors (Lipinski definition) is 3. The molecule has 2 heterocycles. The number of allylic oxidation sites excluding steroid dienone is 1. The molecule has 0 fully saturated rings. The van der Waals surface area contributed by atoms with Crippen LogP contribution in [-0.4, -0.2) is 14.5 Å². The molecule has 15 heavy (non-hydrogen) atoms. The Balaban J connectivity index is 2.93. The van der Waals surface area contributed by atoms with Crippen LogP contribution in [0.3, 0.4) is 0 Å². The molecule has 5 nitrogen and oxygen atoms in total. The van der Waals surface area contributed by atoms with E-state index < -0.39 is 0 Å².